The fraction of sp³-hybridized carbons (Fsp3) is 0.409. The summed E-state index contributed by atoms with van der Waals surface area (Å²) in [5, 5.41) is 17.3. The Morgan fingerprint density at radius 2 is 2.09 bits per heavy atom. The summed E-state index contributed by atoms with van der Waals surface area (Å²) in [6, 6.07) is 7.59. The summed E-state index contributed by atoms with van der Waals surface area (Å²) in [6.45, 7) is -0.339. The van der Waals surface area contributed by atoms with Crippen molar-refractivity contribution in [2.45, 2.75) is 44.0 Å². The van der Waals surface area contributed by atoms with Gasteiger partial charge in [-0.2, -0.15) is 18.3 Å². The number of aliphatic hydroxyl groups excluding tert-OH is 1. The van der Waals surface area contributed by atoms with Crippen molar-refractivity contribution in [2.75, 3.05) is 6.61 Å². The fourth-order valence-corrected chi connectivity index (χ4v) is 4.06. The van der Waals surface area contributed by atoms with Gasteiger partial charge in [0.05, 0.1) is 5.52 Å². The zero-order valence-electron chi connectivity index (χ0n) is 17.4. The summed E-state index contributed by atoms with van der Waals surface area (Å²) in [4.78, 5) is 16.5. The van der Waals surface area contributed by atoms with Crippen molar-refractivity contribution in [3.8, 4) is 5.75 Å². The quantitative estimate of drug-likeness (QED) is 0.577. The molecule has 2 N–H and O–H groups in total. The molecule has 1 aromatic carbocycles. The first-order valence-corrected chi connectivity index (χ1v) is 10.3. The largest absolute Gasteiger partial charge is 0.489 e. The SMILES string of the molecule is Cn1nc2ccc(OCc3cccnc3C(F)(F)F)cc2c1C(=O)NC1(CCO)CCC1. The van der Waals surface area contributed by atoms with Gasteiger partial charge in [-0.05, 0) is 49.9 Å². The number of carbonyl (C=O) groups excluding carboxylic acids is 1. The number of aryl methyl sites for hydroxylation is 1. The summed E-state index contributed by atoms with van der Waals surface area (Å²) < 4.78 is 46.6. The van der Waals surface area contributed by atoms with Gasteiger partial charge >= 0.3 is 6.18 Å². The second kappa shape index (κ2) is 8.42. The van der Waals surface area contributed by atoms with Gasteiger partial charge in [0, 0.05) is 36.3 Å². The number of nitrogens with zero attached hydrogens (tertiary/aromatic N) is 3. The lowest BCUT2D eigenvalue weighted by molar-refractivity contribution is -0.142. The number of alkyl halides is 3. The number of aromatic nitrogens is 3. The smallest absolute Gasteiger partial charge is 0.433 e. The fourth-order valence-electron chi connectivity index (χ4n) is 4.06. The van der Waals surface area contributed by atoms with Crippen LogP contribution in [0.3, 0.4) is 0 Å². The van der Waals surface area contributed by atoms with Crippen molar-refractivity contribution < 1.29 is 27.8 Å². The van der Waals surface area contributed by atoms with E-state index in [1.165, 1.54) is 16.8 Å². The number of aliphatic hydroxyl groups is 1. The predicted molar refractivity (Wildman–Crippen MR) is 110 cm³/mol. The number of benzene rings is 1. The van der Waals surface area contributed by atoms with Crippen molar-refractivity contribution >= 4 is 16.8 Å². The highest BCUT2D eigenvalue weighted by atomic mass is 19.4. The molecule has 1 aliphatic rings. The maximum Gasteiger partial charge on any atom is 0.433 e. The van der Waals surface area contributed by atoms with E-state index in [1.54, 1.807) is 25.2 Å². The molecule has 1 aliphatic carbocycles. The zero-order chi connectivity index (χ0) is 22.9. The topological polar surface area (TPSA) is 89.3 Å². The highest BCUT2D eigenvalue weighted by Crippen LogP contribution is 2.35. The molecule has 0 unspecified atom stereocenters. The van der Waals surface area contributed by atoms with Gasteiger partial charge in [-0.1, -0.05) is 6.07 Å². The average Bonchev–Trinajstić information content (AvgIpc) is 3.05. The molecular formula is C22H23F3N4O3. The van der Waals surface area contributed by atoms with Crippen molar-refractivity contribution in [2.24, 2.45) is 7.05 Å². The van der Waals surface area contributed by atoms with Crippen LogP contribution in [0, 0.1) is 0 Å². The van der Waals surface area contributed by atoms with Gasteiger partial charge in [0.25, 0.3) is 5.91 Å². The molecule has 2 aromatic heterocycles. The number of rotatable bonds is 7. The molecule has 0 atom stereocenters. The van der Waals surface area contributed by atoms with Crippen LogP contribution in [0.5, 0.6) is 5.75 Å². The first-order chi connectivity index (χ1) is 15.2. The van der Waals surface area contributed by atoms with E-state index in [4.69, 9.17) is 4.74 Å². The van der Waals surface area contributed by atoms with E-state index in [0.29, 0.717) is 28.8 Å². The Labute approximate surface area is 182 Å². The molecule has 4 rings (SSSR count). The molecule has 0 spiro atoms. The molecule has 10 heteroatoms. The Morgan fingerprint density at radius 3 is 2.75 bits per heavy atom. The molecule has 1 fully saturated rings. The molecule has 32 heavy (non-hydrogen) atoms. The van der Waals surface area contributed by atoms with Crippen LogP contribution in [-0.2, 0) is 19.8 Å². The Hall–Kier alpha value is -3.14. The standard InChI is InChI=1S/C22H23F3N4O3/c1-29-18(20(31)27-21(9-11-30)7-3-8-21)16-12-15(5-6-17(16)28-29)32-13-14-4-2-10-26-19(14)22(23,24)25/h2,4-6,10,12,30H,3,7-9,11,13H2,1H3,(H,27,31). The molecule has 1 amide bonds. The molecule has 2 heterocycles. The number of nitrogens with one attached hydrogen (secondary N) is 1. The minimum absolute atomic E-state index is 0.0152. The molecule has 1 saturated carbocycles. The van der Waals surface area contributed by atoms with E-state index < -0.39 is 17.4 Å². The molecule has 0 radical (unpaired) electrons. The first-order valence-electron chi connectivity index (χ1n) is 10.3. The highest BCUT2D eigenvalue weighted by molar-refractivity contribution is 6.05. The number of ether oxygens (including phenoxy) is 1. The van der Waals surface area contributed by atoms with Gasteiger partial charge in [0.1, 0.15) is 18.1 Å². The van der Waals surface area contributed by atoms with Crippen molar-refractivity contribution in [3.05, 3.63) is 53.5 Å². The number of pyridine rings is 1. The van der Waals surface area contributed by atoms with Crippen molar-refractivity contribution in [1.82, 2.24) is 20.1 Å². The van der Waals surface area contributed by atoms with Gasteiger partial charge in [-0.25, -0.2) is 0 Å². The van der Waals surface area contributed by atoms with Gasteiger partial charge in [-0.15, -0.1) is 0 Å². The molecule has 0 saturated heterocycles. The minimum Gasteiger partial charge on any atom is -0.489 e. The molecular weight excluding hydrogens is 425 g/mol. The number of hydrogen-bond donors (Lipinski definition) is 2. The van der Waals surface area contributed by atoms with Crippen LogP contribution in [0.2, 0.25) is 0 Å². The van der Waals surface area contributed by atoms with Crippen LogP contribution < -0.4 is 10.1 Å². The average molecular weight is 448 g/mol. The third kappa shape index (κ3) is 4.27. The number of halogens is 3. The van der Waals surface area contributed by atoms with E-state index in [2.05, 4.69) is 15.4 Å². The maximum absolute atomic E-state index is 13.2. The third-order valence-electron chi connectivity index (χ3n) is 5.85. The van der Waals surface area contributed by atoms with E-state index in [1.807, 2.05) is 0 Å². The van der Waals surface area contributed by atoms with Crippen molar-refractivity contribution in [3.63, 3.8) is 0 Å². The van der Waals surface area contributed by atoms with Crippen molar-refractivity contribution in [1.29, 1.82) is 0 Å². The first kappa shape index (κ1) is 22.1. The van der Waals surface area contributed by atoms with Crippen LogP contribution in [-0.4, -0.2) is 37.9 Å². The number of carbonyl (C=O) groups is 1. The number of fused-ring (bicyclic) bond motifs is 1. The van der Waals surface area contributed by atoms with Crippen LogP contribution >= 0.6 is 0 Å². The second-order valence-electron chi connectivity index (χ2n) is 8.01. The Kier molecular flexibility index (Phi) is 5.81. The molecule has 3 aromatic rings. The lowest BCUT2D eigenvalue weighted by atomic mass is 9.74. The summed E-state index contributed by atoms with van der Waals surface area (Å²) in [5.41, 5.74) is -0.596. The Morgan fingerprint density at radius 1 is 1.31 bits per heavy atom. The van der Waals surface area contributed by atoms with Gasteiger partial charge in [-0.3, -0.25) is 14.5 Å². The van der Waals surface area contributed by atoms with E-state index in [9.17, 15) is 23.1 Å². The molecule has 0 aliphatic heterocycles. The van der Waals surface area contributed by atoms with Gasteiger partial charge < -0.3 is 15.2 Å². The number of hydrogen-bond acceptors (Lipinski definition) is 5. The summed E-state index contributed by atoms with van der Waals surface area (Å²) >= 11 is 0. The van der Waals surface area contributed by atoms with Gasteiger partial charge in [0.15, 0.2) is 5.69 Å². The van der Waals surface area contributed by atoms with Gasteiger partial charge in [0.2, 0.25) is 0 Å². The summed E-state index contributed by atoms with van der Waals surface area (Å²) in [5.74, 6) is -0.00263. The summed E-state index contributed by atoms with van der Waals surface area (Å²) in [6.07, 6.45) is -0.421. The Bertz CT molecular complexity index is 1140. The normalized spacial score (nSPS) is 15.4. The minimum atomic E-state index is -4.58. The molecule has 170 valence electrons. The lowest BCUT2D eigenvalue weighted by Gasteiger charge is -2.42. The van der Waals surface area contributed by atoms with E-state index in [-0.39, 0.29) is 24.7 Å². The lowest BCUT2D eigenvalue weighted by Crippen LogP contribution is -2.54. The highest BCUT2D eigenvalue weighted by Gasteiger charge is 2.39. The second-order valence-corrected chi connectivity index (χ2v) is 8.01. The number of amides is 1. The van der Waals surface area contributed by atoms with E-state index >= 15 is 0 Å². The van der Waals surface area contributed by atoms with Crippen LogP contribution in [0.1, 0.15) is 47.4 Å². The van der Waals surface area contributed by atoms with Crippen LogP contribution in [0.15, 0.2) is 36.5 Å². The van der Waals surface area contributed by atoms with E-state index in [0.717, 1.165) is 25.5 Å². The zero-order valence-corrected chi connectivity index (χ0v) is 17.4. The molecule has 7 nitrogen and oxygen atoms in total. The van der Waals surface area contributed by atoms with Crippen LogP contribution in [0.4, 0.5) is 13.2 Å². The van der Waals surface area contributed by atoms with Crippen LogP contribution in [0.25, 0.3) is 10.9 Å². The third-order valence-corrected chi connectivity index (χ3v) is 5.85. The molecule has 0 bridgehead atoms. The maximum atomic E-state index is 13.2. The predicted octanol–water partition coefficient (Wildman–Crippen LogP) is 3.60. The monoisotopic (exact) mass is 448 g/mol. The summed E-state index contributed by atoms with van der Waals surface area (Å²) in [7, 11) is 1.65. The Balaban J connectivity index is 1.58.